The zero-order valence-corrected chi connectivity index (χ0v) is 13.0. The molecule has 0 unspecified atom stereocenters. The molecule has 0 aliphatic heterocycles. The lowest BCUT2D eigenvalue weighted by molar-refractivity contribution is -0.138. The molecule has 0 saturated carbocycles. The summed E-state index contributed by atoms with van der Waals surface area (Å²) in [5.74, 6) is -0.378. The molecule has 1 N–H and O–H groups in total. The number of anilines is 1. The van der Waals surface area contributed by atoms with Crippen LogP contribution < -0.4 is 5.32 Å². The summed E-state index contributed by atoms with van der Waals surface area (Å²) < 4.78 is 5.09. The van der Waals surface area contributed by atoms with Gasteiger partial charge in [0, 0.05) is 5.69 Å². The summed E-state index contributed by atoms with van der Waals surface area (Å²) in [5.41, 5.74) is 3.48. The largest absolute Gasteiger partial charge is 0.463 e. The van der Waals surface area contributed by atoms with E-state index in [1.165, 1.54) is 5.56 Å². The molecule has 0 saturated heterocycles. The molecule has 0 spiro atoms. The summed E-state index contributed by atoms with van der Waals surface area (Å²) in [6, 6.07) is 17.5. The maximum atomic E-state index is 12.1. The molecule has 2 aromatic carbocycles. The van der Waals surface area contributed by atoms with Crippen molar-refractivity contribution in [3.8, 4) is 0 Å². The number of hydrogen-bond acceptors (Lipinski definition) is 3. The number of rotatable bonds is 6. The van der Waals surface area contributed by atoms with Gasteiger partial charge in [-0.25, -0.2) is 4.79 Å². The molecule has 0 fully saturated rings. The fourth-order valence-electron chi connectivity index (χ4n) is 2.17. The van der Waals surface area contributed by atoms with E-state index in [9.17, 15) is 4.79 Å². The third-order valence-corrected chi connectivity index (χ3v) is 3.38. The molecular formula is C19H21NO2. The first kappa shape index (κ1) is 15.8. The summed E-state index contributed by atoms with van der Waals surface area (Å²) in [6.45, 7) is 8.09. The van der Waals surface area contributed by atoms with Crippen molar-refractivity contribution in [2.75, 3.05) is 11.9 Å². The third kappa shape index (κ3) is 3.98. The Morgan fingerprint density at radius 2 is 1.77 bits per heavy atom. The van der Waals surface area contributed by atoms with Crippen molar-refractivity contribution in [2.24, 2.45) is 0 Å². The van der Waals surface area contributed by atoms with Crippen molar-refractivity contribution >= 4 is 11.7 Å². The van der Waals surface area contributed by atoms with Gasteiger partial charge in [0.25, 0.3) is 0 Å². The smallest absolute Gasteiger partial charge is 0.335 e. The highest BCUT2D eigenvalue weighted by Crippen LogP contribution is 2.26. The molecule has 2 aromatic rings. The number of ether oxygens (including phenoxy) is 1. The second-order valence-corrected chi connectivity index (χ2v) is 5.10. The van der Waals surface area contributed by atoms with Gasteiger partial charge in [-0.05, 0) is 31.5 Å². The van der Waals surface area contributed by atoms with Gasteiger partial charge in [-0.15, -0.1) is 0 Å². The molecule has 1 atom stereocenters. The van der Waals surface area contributed by atoms with E-state index in [-0.39, 0.29) is 12.0 Å². The number of esters is 1. The van der Waals surface area contributed by atoms with Crippen LogP contribution in [0.25, 0.3) is 0 Å². The van der Waals surface area contributed by atoms with E-state index in [4.69, 9.17) is 4.74 Å². The van der Waals surface area contributed by atoms with E-state index in [0.717, 1.165) is 11.3 Å². The van der Waals surface area contributed by atoms with Crippen molar-refractivity contribution in [2.45, 2.75) is 19.9 Å². The molecule has 0 amide bonds. The summed E-state index contributed by atoms with van der Waals surface area (Å²) >= 11 is 0. The van der Waals surface area contributed by atoms with E-state index in [0.29, 0.717) is 12.2 Å². The normalized spacial score (nSPS) is 11.5. The van der Waals surface area contributed by atoms with Gasteiger partial charge >= 0.3 is 5.97 Å². The maximum Gasteiger partial charge on any atom is 0.335 e. The lowest BCUT2D eigenvalue weighted by Gasteiger charge is -2.22. The molecule has 3 heteroatoms. The summed E-state index contributed by atoms with van der Waals surface area (Å²) in [4.78, 5) is 12.1. The summed E-state index contributed by atoms with van der Waals surface area (Å²) in [7, 11) is 0. The Balaban J connectivity index is 2.29. The van der Waals surface area contributed by atoms with Gasteiger partial charge in [0.05, 0.1) is 18.2 Å². The molecule has 114 valence electrons. The van der Waals surface area contributed by atoms with Crippen LogP contribution in [0.3, 0.4) is 0 Å². The second kappa shape index (κ2) is 7.46. The number of benzene rings is 2. The van der Waals surface area contributed by atoms with Crippen molar-refractivity contribution < 1.29 is 9.53 Å². The molecule has 3 nitrogen and oxygen atoms in total. The van der Waals surface area contributed by atoms with Gasteiger partial charge in [-0.2, -0.15) is 0 Å². The van der Waals surface area contributed by atoms with Crippen molar-refractivity contribution in [1.29, 1.82) is 0 Å². The van der Waals surface area contributed by atoms with Gasteiger partial charge in [-0.1, -0.05) is 54.6 Å². The van der Waals surface area contributed by atoms with Crippen LogP contribution >= 0.6 is 0 Å². The minimum atomic E-state index is -0.378. The Labute approximate surface area is 131 Å². The third-order valence-electron chi connectivity index (χ3n) is 3.38. The second-order valence-electron chi connectivity index (χ2n) is 5.10. The Kier molecular flexibility index (Phi) is 5.37. The van der Waals surface area contributed by atoms with Gasteiger partial charge in [0.1, 0.15) is 0 Å². The minimum Gasteiger partial charge on any atom is -0.463 e. The van der Waals surface area contributed by atoms with Crippen molar-refractivity contribution in [3.63, 3.8) is 0 Å². The zero-order valence-electron chi connectivity index (χ0n) is 13.0. The fraction of sp³-hybridized carbons (Fsp3) is 0.211. The van der Waals surface area contributed by atoms with E-state index >= 15 is 0 Å². The van der Waals surface area contributed by atoms with Crippen molar-refractivity contribution in [3.05, 3.63) is 77.9 Å². The Morgan fingerprint density at radius 3 is 2.36 bits per heavy atom. The number of aryl methyl sites for hydroxylation is 1. The fourth-order valence-corrected chi connectivity index (χ4v) is 2.17. The quantitative estimate of drug-likeness (QED) is 0.639. The van der Waals surface area contributed by atoms with Crippen LogP contribution in [-0.4, -0.2) is 12.6 Å². The maximum absolute atomic E-state index is 12.1. The van der Waals surface area contributed by atoms with Gasteiger partial charge in [-0.3, -0.25) is 0 Å². The molecule has 0 heterocycles. The van der Waals surface area contributed by atoms with Crippen LogP contribution in [0.5, 0.6) is 0 Å². The zero-order chi connectivity index (χ0) is 15.9. The average molecular weight is 295 g/mol. The van der Waals surface area contributed by atoms with Crippen LogP contribution in [0, 0.1) is 6.92 Å². The van der Waals surface area contributed by atoms with E-state index in [1.54, 1.807) is 6.92 Å². The van der Waals surface area contributed by atoms with Crippen LogP contribution in [-0.2, 0) is 9.53 Å². The molecule has 22 heavy (non-hydrogen) atoms. The summed E-state index contributed by atoms with van der Waals surface area (Å²) in [5, 5.41) is 3.35. The molecule has 0 aliphatic carbocycles. The lowest BCUT2D eigenvalue weighted by Crippen LogP contribution is -2.20. The average Bonchev–Trinajstić information content (AvgIpc) is 2.54. The standard InChI is InChI=1S/C19H21NO2/c1-4-22-19(21)15(3)18(16-12-10-14(2)11-13-16)20-17-8-6-5-7-9-17/h5-13,18,20H,3-4H2,1-2H3/t18-/m0/s1. The Hall–Kier alpha value is -2.55. The molecular weight excluding hydrogens is 274 g/mol. The highest BCUT2D eigenvalue weighted by Gasteiger charge is 2.21. The van der Waals surface area contributed by atoms with Crippen LogP contribution in [0.15, 0.2) is 66.7 Å². The molecule has 2 rings (SSSR count). The summed E-state index contributed by atoms with van der Waals surface area (Å²) in [6.07, 6.45) is 0. The number of carbonyl (C=O) groups excluding carboxylic acids is 1. The van der Waals surface area contributed by atoms with Gasteiger partial charge in [0.15, 0.2) is 0 Å². The van der Waals surface area contributed by atoms with E-state index < -0.39 is 0 Å². The van der Waals surface area contributed by atoms with Crippen LogP contribution in [0.2, 0.25) is 0 Å². The highest BCUT2D eigenvalue weighted by atomic mass is 16.5. The SMILES string of the molecule is C=C(C(=O)OCC)[C@H](Nc1ccccc1)c1ccc(C)cc1. The Bertz CT molecular complexity index is 632. The first-order valence-electron chi connectivity index (χ1n) is 7.36. The van der Waals surface area contributed by atoms with Crippen LogP contribution in [0.1, 0.15) is 24.1 Å². The van der Waals surface area contributed by atoms with E-state index in [1.807, 2.05) is 61.5 Å². The van der Waals surface area contributed by atoms with Crippen molar-refractivity contribution in [1.82, 2.24) is 0 Å². The first-order valence-corrected chi connectivity index (χ1v) is 7.36. The molecule has 0 radical (unpaired) electrons. The lowest BCUT2D eigenvalue weighted by atomic mass is 9.98. The number of para-hydroxylation sites is 1. The monoisotopic (exact) mass is 295 g/mol. The van der Waals surface area contributed by atoms with Gasteiger partial charge < -0.3 is 10.1 Å². The van der Waals surface area contributed by atoms with Gasteiger partial charge in [0.2, 0.25) is 0 Å². The predicted octanol–water partition coefficient (Wildman–Crippen LogP) is 4.27. The van der Waals surface area contributed by atoms with Crippen LogP contribution in [0.4, 0.5) is 5.69 Å². The highest BCUT2D eigenvalue weighted by molar-refractivity contribution is 5.90. The molecule has 0 bridgehead atoms. The molecule has 0 aromatic heterocycles. The number of hydrogen-bond donors (Lipinski definition) is 1. The first-order chi connectivity index (χ1) is 10.6. The Morgan fingerprint density at radius 1 is 1.14 bits per heavy atom. The topological polar surface area (TPSA) is 38.3 Å². The molecule has 0 aliphatic rings. The number of nitrogens with one attached hydrogen (secondary N) is 1. The number of carbonyl (C=O) groups is 1. The minimum absolute atomic E-state index is 0.318. The van der Waals surface area contributed by atoms with E-state index in [2.05, 4.69) is 11.9 Å². The predicted molar refractivity (Wildman–Crippen MR) is 89.8 cm³/mol.